The summed E-state index contributed by atoms with van der Waals surface area (Å²) in [4.78, 5) is 39.2. The summed E-state index contributed by atoms with van der Waals surface area (Å²) in [5.74, 6) is -0.102. The second kappa shape index (κ2) is 7.91. The molecule has 2 aliphatic heterocycles. The SMILES string of the molecule is O=C(NCc1ccccc1CN1C(=O)NC2(CCCCC2)C1=O)C1CCCN1. The summed E-state index contributed by atoms with van der Waals surface area (Å²) in [6.07, 6.45) is 6.37. The predicted octanol–water partition coefficient (Wildman–Crippen LogP) is 1.81. The van der Waals surface area contributed by atoms with E-state index in [1.807, 2.05) is 24.3 Å². The van der Waals surface area contributed by atoms with Gasteiger partial charge in [-0.15, -0.1) is 0 Å². The van der Waals surface area contributed by atoms with Gasteiger partial charge in [-0.2, -0.15) is 0 Å². The monoisotopic (exact) mass is 384 g/mol. The van der Waals surface area contributed by atoms with E-state index >= 15 is 0 Å². The normalized spacial score (nSPS) is 23.9. The fraction of sp³-hybridized carbons (Fsp3) is 0.571. The Labute approximate surface area is 165 Å². The minimum Gasteiger partial charge on any atom is -0.351 e. The smallest absolute Gasteiger partial charge is 0.325 e. The molecule has 4 rings (SSSR count). The number of amides is 4. The van der Waals surface area contributed by atoms with E-state index < -0.39 is 5.54 Å². The molecule has 0 radical (unpaired) electrons. The maximum atomic E-state index is 13.0. The number of nitrogens with zero attached hydrogens (tertiary/aromatic N) is 1. The van der Waals surface area contributed by atoms with Gasteiger partial charge in [-0.05, 0) is 43.4 Å². The van der Waals surface area contributed by atoms with Crippen LogP contribution >= 0.6 is 0 Å². The van der Waals surface area contributed by atoms with Crippen molar-refractivity contribution in [2.45, 2.75) is 69.6 Å². The predicted molar refractivity (Wildman–Crippen MR) is 104 cm³/mol. The molecule has 2 heterocycles. The molecule has 1 aliphatic carbocycles. The summed E-state index contributed by atoms with van der Waals surface area (Å²) in [6, 6.07) is 7.24. The molecule has 1 saturated carbocycles. The van der Waals surface area contributed by atoms with Gasteiger partial charge in [0.05, 0.1) is 12.6 Å². The molecule has 3 N–H and O–H groups in total. The van der Waals surface area contributed by atoms with E-state index in [1.165, 1.54) is 4.90 Å². The Morgan fingerprint density at radius 3 is 2.57 bits per heavy atom. The highest BCUT2D eigenvalue weighted by Gasteiger charge is 2.51. The van der Waals surface area contributed by atoms with Crippen molar-refractivity contribution in [3.05, 3.63) is 35.4 Å². The molecule has 1 unspecified atom stereocenters. The quantitative estimate of drug-likeness (QED) is 0.676. The molecular weight excluding hydrogens is 356 g/mol. The lowest BCUT2D eigenvalue weighted by Gasteiger charge is -2.30. The third-order valence-electron chi connectivity index (χ3n) is 6.23. The highest BCUT2D eigenvalue weighted by atomic mass is 16.2. The average Bonchev–Trinajstić information content (AvgIpc) is 3.32. The second-order valence-corrected chi connectivity index (χ2v) is 8.10. The van der Waals surface area contributed by atoms with Crippen molar-refractivity contribution < 1.29 is 14.4 Å². The van der Waals surface area contributed by atoms with Crippen LogP contribution in [0.1, 0.15) is 56.1 Å². The number of carbonyl (C=O) groups is 3. The van der Waals surface area contributed by atoms with Crippen molar-refractivity contribution in [2.24, 2.45) is 0 Å². The third-order valence-corrected chi connectivity index (χ3v) is 6.23. The van der Waals surface area contributed by atoms with Gasteiger partial charge in [-0.25, -0.2) is 4.79 Å². The van der Waals surface area contributed by atoms with Gasteiger partial charge in [0, 0.05) is 6.54 Å². The molecule has 150 valence electrons. The van der Waals surface area contributed by atoms with Crippen LogP contribution < -0.4 is 16.0 Å². The van der Waals surface area contributed by atoms with Crippen molar-refractivity contribution in [3.8, 4) is 0 Å². The van der Waals surface area contributed by atoms with Gasteiger partial charge in [0.1, 0.15) is 5.54 Å². The van der Waals surface area contributed by atoms with Crippen molar-refractivity contribution in [3.63, 3.8) is 0 Å². The molecule has 2 saturated heterocycles. The van der Waals surface area contributed by atoms with Crippen LogP contribution in [0.2, 0.25) is 0 Å². The van der Waals surface area contributed by atoms with Crippen LogP contribution in [0.15, 0.2) is 24.3 Å². The van der Waals surface area contributed by atoms with Crippen LogP contribution in [0.5, 0.6) is 0 Å². The highest BCUT2D eigenvalue weighted by Crippen LogP contribution is 2.34. The maximum absolute atomic E-state index is 13.0. The Balaban J connectivity index is 1.44. The van der Waals surface area contributed by atoms with Gasteiger partial charge in [-0.1, -0.05) is 43.5 Å². The van der Waals surface area contributed by atoms with Gasteiger partial charge < -0.3 is 16.0 Å². The van der Waals surface area contributed by atoms with Crippen LogP contribution in [0.25, 0.3) is 0 Å². The number of imide groups is 1. The minimum atomic E-state index is -0.702. The number of hydrogen-bond acceptors (Lipinski definition) is 4. The Morgan fingerprint density at radius 1 is 1.11 bits per heavy atom. The van der Waals surface area contributed by atoms with Crippen LogP contribution in [0.3, 0.4) is 0 Å². The molecule has 1 atom stereocenters. The first-order chi connectivity index (χ1) is 13.6. The molecule has 28 heavy (non-hydrogen) atoms. The molecule has 4 amide bonds. The van der Waals surface area contributed by atoms with E-state index in [1.54, 1.807) is 0 Å². The van der Waals surface area contributed by atoms with E-state index in [0.717, 1.165) is 62.6 Å². The van der Waals surface area contributed by atoms with E-state index in [4.69, 9.17) is 0 Å². The van der Waals surface area contributed by atoms with Gasteiger partial charge in [-0.3, -0.25) is 14.5 Å². The lowest BCUT2D eigenvalue weighted by Crippen LogP contribution is -2.48. The zero-order valence-electron chi connectivity index (χ0n) is 16.1. The average molecular weight is 384 g/mol. The molecule has 1 spiro atoms. The number of hydrogen-bond donors (Lipinski definition) is 3. The van der Waals surface area contributed by atoms with Gasteiger partial charge in [0.25, 0.3) is 5.91 Å². The number of urea groups is 1. The fourth-order valence-corrected chi connectivity index (χ4v) is 4.58. The molecule has 3 aliphatic rings. The van der Waals surface area contributed by atoms with Crippen LogP contribution in [0, 0.1) is 0 Å². The van der Waals surface area contributed by atoms with Crippen LogP contribution in [0.4, 0.5) is 4.79 Å². The van der Waals surface area contributed by atoms with Crippen molar-refractivity contribution in [1.82, 2.24) is 20.9 Å². The highest BCUT2D eigenvalue weighted by molar-refractivity contribution is 6.07. The molecule has 7 heteroatoms. The molecule has 1 aromatic carbocycles. The number of benzene rings is 1. The Bertz CT molecular complexity index is 767. The van der Waals surface area contributed by atoms with Gasteiger partial charge in [0.2, 0.25) is 5.91 Å². The van der Waals surface area contributed by atoms with E-state index in [2.05, 4.69) is 16.0 Å². The summed E-state index contributed by atoms with van der Waals surface area (Å²) in [5.41, 5.74) is 1.12. The molecule has 0 aromatic heterocycles. The third kappa shape index (κ3) is 3.63. The summed E-state index contributed by atoms with van der Waals surface area (Å²) < 4.78 is 0. The first-order valence-corrected chi connectivity index (χ1v) is 10.3. The van der Waals surface area contributed by atoms with Crippen molar-refractivity contribution in [1.29, 1.82) is 0 Å². The van der Waals surface area contributed by atoms with Crippen molar-refractivity contribution in [2.75, 3.05) is 6.54 Å². The van der Waals surface area contributed by atoms with Crippen molar-refractivity contribution >= 4 is 17.8 Å². The first kappa shape index (κ1) is 18.9. The number of nitrogens with one attached hydrogen (secondary N) is 3. The molecule has 3 fully saturated rings. The van der Waals surface area contributed by atoms with E-state index in [9.17, 15) is 14.4 Å². The molecular formula is C21H28N4O3. The molecule has 7 nitrogen and oxygen atoms in total. The second-order valence-electron chi connectivity index (χ2n) is 8.10. The van der Waals surface area contributed by atoms with Gasteiger partial charge >= 0.3 is 6.03 Å². The standard InChI is InChI=1S/C21H28N4O3/c26-18(17-9-6-12-22-17)23-13-15-7-2-3-8-16(15)14-25-19(27)21(24-20(25)28)10-4-1-5-11-21/h2-3,7-8,17,22H,1,4-6,9-14H2,(H,23,26)(H,24,28). The topological polar surface area (TPSA) is 90.5 Å². The summed E-state index contributed by atoms with van der Waals surface area (Å²) in [6.45, 7) is 1.50. The Kier molecular flexibility index (Phi) is 5.35. The fourth-order valence-electron chi connectivity index (χ4n) is 4.58. The lowest BCUT2D eigenvalue weighted by molar-refractivity contribution is -0.132. The van der Waals surface area contributed by atoms with Crippen LogP contribution in [-0.4, -0.2) is 40.9 Å². The summed E-state index contributed by atoms with van der Waals surface area (Å²) >= 11 is 0. The van der Waals surface area contributed by atoms with Gasteiger partial charge in [0.15, 0.2) is 0 Å². The number of rotatable bonds is 5. The minimum absolute atomic E-state index is 0.00320. The largest absolute Gasteiger partial charge is 0.351 e. The van der Waals surface area contributed by atoms with E-state index in [0.29, 0.717) is 6.54 Å². The Morgan fingerprint density at radius 2 is 1.86 bits per heavy atom. The summed E-state index contributed by atoms with van der Waals surface area (Å²) in [5, 5.41) is 9.13. The number of carbonyl (C=O) groups excluding carboxylic acids is 3. The summed E-state index contributed by atoms with van der Waals surface area (Å²) in [7, 11) is 0. The van der Waals surface area contributed by atoms with E-state index in [-0.39, 0.29) is 30.4 Å². The molecule has 0 bridgehead atoms. The van der Waals surface area contributed by atoms with Crippen LogP contribution in [-0.2, 0) is 22.7 Å². The lowest BCUT2D eigenvalue weighted by atomic mass is 9.81. The zero-order valence-corrected chi connectivity index (χ0v) is 16.1. The molecule has 1 aromatic rings. The maximum Gasteiger partial charge on any atom is 0.325 e. The Hall–Kier alpha value is -2.41. The zero-order chi connectivity index (χ0) is 19.6. The first-order valence-electron chi connectivity index (χ1n) is 10.3.